The highest BCUT2D eigenvalue weighted by molar-refractivity contribution is 6.25. The van der Waals surface area contributed by atoms with E-state index in [1.165, 1.54) is 31.2 Å². The number of hydrogen-bond acceptors (Lipinski definition) is 9. The molecule has 4 atom stereocenters. The first-order chi connectivity index (χ1) is 14.1. The highest BCUT2D eigenvalue weighted by atomic mass is 16.8. The molecule has 0 radical (unpaired) electrons. The molecule has 3 heterocycles. The number of anilines is 2. The lowest BCUT2D eigenvalue weighted by molar-refractivity contribution is -0.184. The summed E-state index contributed by atoms with van der Waals surface area (Å²) in [5.74, 6) is -4.93. The van der Waals surface area contributed by atoms with Crippen LogP contribution in [0.3, 0.4) is 0 Å². The molecule has 0 saturated carbocycles. The second-order valence-corrected chi connectivity index (χ2v) is 7.61. The molecular weight excluding hydrogens is 396 g/mol. The van der Waals surface area contributed by atoms with Crippen molar-refractivity contribution in [2.75, 3.05) is 16.7 Å². The number of carbonyl (C=O) groups is 4. The van der Waals surface area contributed by atoms with Crippen LogP contribution in [0.25, 0.3) is 0 Å². The van der Waals surface area contributed by atoms with Gasteiger partial charge in [-0.3, -0.25) is 19.6 Å². The van der Waals surface area contributed by atoms with Gasteiger partial charge in [-0.25, -0.2) is 9.69 Å². The second kappa shape index (κ2) is 6.64. The largest absolute Gasteiger partial charge is 0.733 e. The van der Waals surface area contributed by atoms with Crippen molar-refractivity contribution >= 4 is 35.1 Å². The molecule has 2 saturated heterocycles. The molecule has 10 nitrogen and oxygen atoms in total. The van der Waals surface area contributed by atoms with Gasteiger partial charge in [-0.15, -0.1) is 0 Å². The van der Waals surface area contributed by atoms with Crippen LogP contribution in [0.1, 0.15) is 20.8 Å². The van der Waals surface area contributed by atoms with Gasteiger partial charge >= 0.3 is 11.9 Å². The van der Waals surface area contributed by atoms with Gasteiger partial charge in [-0.05, 0) is 44.5 Å². The molecule has 1 aliphatic carbocycles. The maximum Gasteiger partial charge on any atom is 0.335 e. The van der Waals surface area contributed by atoms with E-state index in [0.717, 1.165) is 4.90 Å². The van der Waals surface area contributed by atoms with Crippen LogP contribution in [0.15, 0.2) is 35.4 Å². The SMILES string of the molecule is CCOC(=O)C1=C(C)C2OC(=O)C1(C)C1C(=O)N(c3cccc(N([O-])O)c3)C(=O)C21. The molecule has 1 aromatic rings. The Morgan fingerprint density at radius 1 is 1.33 bits per heavy atom. The minimum atomic E-state index is -1.68. The Labute approximate surface area is 171 Å². The number of nitrogens with zero attached hydrogens (tertiary/aromatic N) is 2. The molecule has 4 aliphatic rings. The summed E-state index contributed by atoms with van der Waals surface area (Å²) in [5.41, 5.74) is -1.36. The number of amides is 2. The van der Waals surface area contributed by atoms with E-state index < -0.39 is 47.1 Å². The molecule has 1 N–H and O–H groups in total. The molecule has 30 heavy (non-hydrogen) atoms. The number of hydrogen-bond donors (Lipinski definition) is 1. The Kier molecular flexibility index (Phi) is 4.44. The molecule has 3 aliphatic heterocycles. The van der Waals surface area contributed by atoms with E-state index in [0.29, 0.717) is 5.57 Å². The molecule has 2 amide bonds. The molecule has 4 unspecified atom stereocenters. The Hall–Kier alpha value is -3.24. The minimum absolute atomic E-state index is 0.0460. The van der Waals surface area contributed by atoms with Crippen LogP contribution < -0.4 is 10.1 Å². The number of rotatable bonds is 4. The number of fused-ring (bicyclic) bond motifs is 1. The van der Waals surface area contributed by atoms with Crippen molar-refractivity contribution in [3.63, 3.8) is 0 Å². The molecular formula is C20H19N2O8-. The summed E-state index contributed by atoms with van der Waals surface area (Å²) in [6, 6.07) is 5.32. The lowest BCUT2D eigenvalue weighted by Crippen LogP contribution is -2.60. The van der Waals surface area contributed by atoms with E-state index in [1.807, 2.05) is 0 Å². The van der Waals surface area contributed by atoms with Crippen molar-refractivity contribution < 1.29 is 33.9 Å². The van der Waals surface area contributed by atoms with Crippen LogP contribution >= 0.6 is 0 Å². The fourth-order valence-corrected chi connectivity index (χ4v) is 4.79. The summed E-state index contributed by atoms with van der Waals surface area (Å²) in [6.45, 7) is 4.70. The van der Waals surface area contributed by atoms with Gasteiger partial charge in [0.15, 0.2) is 0 Å². The van der Waals surface area contributed by atoms with E-state index in [9.17, 15) is 24.4 Å². The van der Waals surface area contributed by atoms with Crippen molar-refractivity contribution in [2.24, 2.45) is 17.3 Å². The number of benzene rings is 1. The minimum Gasteiger partial charge on any atom is -0.733 e. The van der Waals surface area contributed by atoms with Crippen LogP contribution in [0.5, 0.6) is 0 Å². The van der Waals surface area contributed by atoms with E-state index in [-0.39, 0.29) is 28.8 Å². The fourth-order valence-electron chi connectivity index (χ4n) is 4.79. The zero-order chi connectivity index (χ0) is 22.0. The maximum absolute atomic E-state index is 13.4. The zero-order valence-electron chi connectivity index (χ0n) is 16.4. The van der Waals surface area contributed by atoms with E-state index in [4.69, 9.17) is 14.7 Å². The molecule has 158 valence electrons. The molecule has 2 bridgehead atoms. The third kappa shape index (κ3) is 2.44. The summed E-state index contributed by atoms with van der Waals surface area (Å²) in [7, 11) is 0. The van der Waals surface area contributed by atoms with Gasteiger partial charge < -0.3 is 19.9 Å². The summed E-state index contributed by atoms with van der Waals surface area (Å²) >= 11 is 0. The van der Waals surface area contributed by atoms with Gasteiger partial charge in [0.2, 0.25) is 11.8 Å². The highest BCUT2D eigenvalue weighted by Gasteiger charge is 2.71. The van der Waals surface area contributed by atoms with E-state index in [2.05, 4.69) is 0 Å². The zero-order valence-corrected chi connectivity index (χ0v) is 16.4. The van der Waals surface area contributed by atoms with Crippen LogP contribution in [0.4, 0.5) is 11.4 Å². The van der Waals surface area contributed by atoms with Gasteiger partial charge in [0, 0.05) is 0 Å². The topological polar surface area (TPSA) is 137 Å². The summed E-state index contributed by atoms with van der Waals surface area (Å²) in [4.78, 5) is 52.9. The van der Waals surface area contributed by atoms with Crippen molar-refractivity contribution in [2.45, 2.75) is 26.9 Å². The molecule has 0 aromatic heterocycles. The van der Waals surface area contributed by atoms with E-state index >= 15 is 0 Å². The predicted molar refractivity (Wildman–Crippen MR) is 101 cm³/mol. The number of ether oxygens (including phenoxy) is 2. The molecule has 5 rings (SSSR count). The average molecular weight is 415 g/mol. The Bertz CT molecular complexity index is 1020. The third-order valence-electron chi connectivity index (χ3n) is 6.09. The number of esters is 2. The first kappa shape index (κ1) is 20.0. The fraction of sp³-hybridized carbons (Fsp3) is 0.400. The van der Waals surface area contributed by atoms with Crippen molar-refractivity contribution in [3.8, 4) is 0 Å². The van der Waals surface area contributed by atoms with Crippen molar-refractivity contribution in [1.82, 2.24) is 0 Å². The Morgan fingerprint density at radius 3 is 2.67 bits per heavy atom. The monoisotopic (exact) mass is 415 g/mol. The Morgan fingerprint density at radius 2 is 2.03 bits per heavy atom. The molecule has 1 aromatic carbocycles. The summed E-state index contributed by atoms with van der Waals surface area (Å²) < 4.78 is 10.5. The average Bonchev–Trinajstić information content (AvgIpc) is 2.96. The first-order valence-electron chi connectivity index (χ1n) is 9.38. The molecule has 0 spiro atoms. The van der Waals surface area contributed by atoms with Crippen LogP contribution in [0.2, 0.25) is 0 Å². The molecule has 10 heteroatoms. The summed E-state index contributed by atoms with van der Waals surface area (Å²) in [6.07, 6.45) is -1.07. The number of carbonyl (C=O) groups excluding carboxylic acids is 4. The van der Waals surface area contributed by atoms with Gasteiger partial charge in [-0.2, -0.15) is 0 Å². The van der Waals surface area contributed by atoms with E-state index in [1.54, 1.807) is 13.8 Å². The van der Waals surface area contributed by atoms with Crippen molar-refractivity contribution in [1.29, 1.82) is 0 Å². The third-order valence-corrected chi connectivity index (χ3v) is 6.09. The smallest absolute Gasteiger partial charge is 0.335 e. The normalized spacial score (nSPS) is 29.8. The quantitative estimate of drug-likeness (QED) is 0.438. The van der Waals surface area contributed by atoms with Crippen molar-refractivity contribution in [3.05, 3.63) is 40.6 Å². The summed E-state index contributed by atoms with van der Waals surface area (Å²) in [5, 5.41) is 20.0. The van der Waals surface area contributed by atoms with Gasteiger partial charge in [-0.1, -0.05) is 6.07 Å². The predicted octanol–water partition coefficient (Wildman–Crippen LogP) is 1.31. The lowest BCUT2D eigenvalue weighted by atomic mass is 9.57. The van der Waals surface area contributed by atoms with Crippen LogP contribution in [-0.2, 0) is 28.7 Å². The number of imide groups is 1. The first-order valence-corrected chi connectivity index (χ1v) is 9.38. The maximum atomic E-state index is 13.4. The van der Waals surface area contributed by atoms with Crippen LogP contribution in [0, 0.1) is 22.5 Å². The second-order valence-electron chi connectivity index (χ2n) is 7.61. The lowest BCUT2D eigenvalue weighted by Gasteiger charge is -2.48. The van der Waals surface area contributed by atoms with Gasteiger partial charge in [0.1, 0.15) is 11.5 Å². The van der Waals surface area contributed by atoms with Gasteiger partial charge in [0.05, 0.1) is 35.4 Å². The van der Waals surface area contributed by atoms with Crippen LogP contribution in [-0.4, -0.2) is 41.7 Å². The highest BCUT2D eigenvalue weighted by Crippen LogP contribution is 2.58. The standard InChI is InChI=1S/C20H19N2O8/c1-4-29-18(25)13-9(2)15-12-14(20(13,3)19(26)30-15)17(24)21(16(12)23)10-6-5-7-11(8-10)22(27)28/h5-8,12,14-15,27H,4H2,1-3H3/q-1. The molecule has 2 fully saturated rings. The van der Waals surface area contributed by atoms with Gasteiger partial charge in [0.25, 0.3) is 0 Å². The Balaban J connectivity index is 1.83.